The summed E-state index contributed by atoms with van der Waals surface area (Å²) < 4.78 is 7.14. The maximum atomic E-state index is 11.4. The number of rotatable bonds is 4. The van der Waals surface area contributed by atoms with E-state index in [1.54, 1.807) is 7.11 Å². The van der Waals surface area contributed by atoms with Gasteiger partial charge in [0.1, 0.15) is 5.75 Å². The lowest BCUT2D eigenvalue weighted by Crippen LogP contribution is -2.07. The van der Waals surface area contributed by atoms with Gasteiger partial charge in [-0.25, -0.2) is 0 Å². The molecule has 0 aliphatic carbocycles. The molecular formula is C13H15NO2. The lowest BCUT2D eigenvalue weighted by atomic mass is 10.2. The van der Waals surface area contributed by atoms with E-state index in [1.807, 2.05) is 42.0 Å². The molecule has 2 aromatic rings. The smallest absolute Gasteiger partial charge is 0.152 e. The van der Waals surface area contributed by atoms with E-state index in [0.717, 1.165) is 16.7 Å². The average Bonchev–Trinajstić information content (AvgIpc) is 2.71. The van der Waals surface area contributed by atoms with Crippen LogP contribution in [0.1, 0.15) is 13.3 Å². The van der Waals surface area contributed by atoms with Crippen LogP contribution < -0.4 is 4.74 Å². The zero-order valence-electron chi connectivity index (χ0n) is 9.56. The Labute approximate surface area is 94.6 Å². The van der Waals surface area contributed by atoms with E-state index in [2.05, 4.69) is 0 Å². The quantitative estimate of drug-likeness (QED) is 0.788. The van der Waals surface area contributed by atoms with Gasteiger partial charge in [-0.3, -0.25) is 4.79 Å². The van der Waals surface area contributed by atoms with Crippen LogP contribution in [0.25, 0.3) is 10.9 Å². The second-order valence-corrected chi connectivity index (χ2v) is 3.76. The molecule has 0 N–H and O–H groups in total. The largest absolute Gasteiger partial charge is 0.497 e. The van der Waals surface area contributed by atoms with Crippen LogP contribution in [0.3, 0.4) is 0 Å². The standard InChI is InChI=1S/C13H15NO2/c1-3-11(15)9-14-7-6-10-4-5-12(16-2)8-13(10)14/h4-8H,3,9H2,1-2H3. The first-order valence-electron chi connectivity index (χ1n) is 5.39. The molecule has 1 heterocycles. The van der Waals surface area contributed by atoms with Crippen LogP contribution in [0.5, 0.6) is 5.75 Å². The Morgan fingerprint density at radius 2 is 2.19 bits per heavy atom. The number of carbonyl (C=O) groups excluding carboxylic acids is 1. The fourth-order valence-corrected chi connectivity index (χ4v) is 1.73. The molecule has 2 rings (SSSR count). The average molecular weight is 217 g/mol. The van der Waals surface area contributed by atoms with Crippen LogP contribution in [0, 0.1) is 0 Å². The van der Waals surface area contributed by atoms with E-state index in [4.69, 9.17) is 4.74 Å². The molecule has 0 atom stereocenters. The van der Waals surface area contributed by atoms with Gasteiger partial charge >= 0.3 is 0 Å². The fraction of sp³-hybridized carbons (Fsp3) is 0.308. The summed E-state index contributed by atoms with van der Waals surface area (Å²) in [6.45, 7) is 2.32. The molecule has 0 fully saturated rings. The van der Waals surface area contributed by atoms with E-state index >= 15 is 0 Å². The van der Waals surface area contributed by atoms with Crippen molar-refractivity contribution in [3.63, 3.8) is 0 Å². The maximum Gasteiger partial charge on any atom is 0.152 e. The van der Waals surface area contributed by atoms with Crippen molar-refractivity contribution in [2.45, 2.75) is 19.9 Å². The van der Waals surface area contributed by atoms with Gasteiger partial charge in [0.05, 0.1) is 19.2 Å². The Morgan fingerprint density at radius 1 is 1.38 bits per heavy atom. The van der Waals surface area contributed by atoms with Crippen molar-refractivity contribution >= 4 is 16.7 Å². The third-order valence-corrected chi connectivity index (χ3v) is 2.72. The lowest BCUT2D eigenvalue weighted by Gasteiger charge is -2.05. The summed E-state index contributed by atoms with van der Waals surface area (Å²) in [6.07, 6.45) is 2.52. The number of aromatic nitrogens is 1. The number of nitrogens with zero attached hydrogens (tertiary/aromatic N) is 1. The molecule has 3 nitrogen and oxygen atoms in total. The highest BCUT2D eigenvalue weighted by Crippen LogP contribution is 2.21. The van der Waals surface area contributed by atoms with Gasteiger partial charge in [0, 0.05) is 18.7 Å². The predicted octanol–water partition coefficient (Wildman–Crippen LogP) is 2.63. The van der Waals surface area contributed by atoms with Gasteiger partial charge in [-0.2, -0.15) is 0 Å². The molecule has 0 amide bonds. The Morgan fingerprint density at radius 3 is 2.88 bits per heavy atom. The SMILES string of the molecule is CCC(=O)Cn1ccc2ccc(OC)cc21. The molecule has 0 unspecified atom stereocenters. The Hall–Kier alpha value is -1.77. The molecule has 0 aliphatic rings. The number of benzene rings is 1. The van der Waals surface area contributed by atoms with Gasteiger partial charge in [-0.1, -0.05) is 6.92 Å². The summed E-state index contributed by atoms with van der Waals surface area (Å²) in [5.74, 6) is 1.05. The van der Waals surface area contributed by atoms with Crippen LogP contribution in [0.2, 0.25) is 0 Å². The van der Waals surface area contributed by atoms with E-state index in [0.29, 0.717) is 13.0 Å². The van der Waals surface area contributed by atoms with Gasteiger partial charge in [-0.05, 0) is 23.6 Å². The van der Waals surface area contributed by atoms with Crippen LogP contribution in [0.4, 0.5) is 0 Å². The van der Waals surface area contributed by atoms with Gasteiger partial charge in [0.15, 0.2) is 5.78 Å². The van der Waals surface area contributed by atoms with Gasteiger partial charge in [0.25, 0.3) is 0 Å². The number of ketones is 1. The number of hydrogen-bond donors (Lipinski definition) is 0. The lowest BCUT2D eigenvalue weighted by molar-refractivity contribution is -0.119. The highest BCUT2D eigenvalue weighted by Gasteiger charge is 2.05. The van der Waals surface area contributed by atoms with Crippen molar-refractivity contribution in [2.75, 3.05) is 7.11 Å². The number of carbonyl (C=O) groups is 1. The predicted molar refractivity (Wildman–Crippen MR) is 63.8 cm³/mol. The summed E-state index contributed by atoms with van der Waals surface area (Å²) in [5.41, 5.74) is 1.04. The van der Waals surface area contributed by atoms with Gasteiger partial charge in [-0.15, -0.1) is 0 Å². The number of Topliss-reactive ketones (excluding diaryl/α,β-unsaturated/α-hetero) is 1. The maximum absolute atomic E-state index is 11.4. The van der Waals surface area contributed by atoms with Crippen LogP contribution in [-0.4, -0.2) is 17.5 Å². The van der Waals surface area contributed by atoms with Gasteiger partial charge < -0.3 is 9.30 Å². The minimum atomic E-state index is 0.236. The van der Waals surface area contributed by atoms with E-state index < -0.39 is 0 Å². The Balaban J connectivity index is 2.41. The summed E-state index contributed by atoms with van der Waals surface area (Å²) in [4.78, 5) is 11.4. The van der Waals surface area contributed by atoms with Crippen LogP contribution in [-0.2, 0) is 11.3 Å². The van der Waals surface area contributed by atoms with E-state index in [1.165, 1.54) is 0 Å². The molecular weight excluding hydrogens is 202 g/mol. The Bertz CT molecular complexity index is 514. The van der Waals surface area contributed by atoms with E-state index in [-0.39, 0.29) is 5.78 Å². The minimum Gasteiger partial charge on any atom is -0.497 e. The highest BCUT2D eigenvalue weighted by molar-refractivity contribution is 5.84. The van der Waals surface area contributed by atoms with Crippen molar-refractivity contribution in [3.05, 3.63) is 30.5 Å². The zero-order valence-corrected chi connectivity index (χ0v) is 9.56. The number of fused-ring (bicyclic) bond motifs is 1. The molecule has 1 aromatic heterocycles. The molecule has 0 saturated heterocycles. The normalized spacial score (nSPS) is 10.6. The molecule has 1 aromatic carbocycles. The van der Waals surface area contributed by atoms with Crippen molar-refractivity contribution in [1.29, 1.82) is 0 Å². The summed E-state index contributed by atoms with van der Waals surface area (Å²) in [5, 5.41) is 1.13. The molecule has 0 spiro atoms. The first kappa shape index (κ1) is 10.7. The monoisotopic (exact) mass is 217 g/mol. The minimum absolute atomic E-state index is 0.236. The molecule has 0 bridgehead atoms. The van der Waals surface area contributed by atoms with Crippen molar-refractivity contribution in [3.8, 4) is 5.75 Å². The van der Waals surface area contributed by atoms with Crippen LogP contribution in [0.15, 0.2) is 30.5 Å². The van der Waals surface area contributed by atoms with Crippen molar-refractivity contribution in [1.82, 2.24) is 4.57 Å². The number of hydrogen-bond acceptors (Lipinski definition) is 2. The van der Waals surface area contributed by atoms with E-state index in [9.17, 15) is 4.79 Å². The first-order valence-corrected chi connectivity index (χ1v) is 5.39. The fourth-order valence-electron chi connectivity index (χ4n) is 1.73. The second kappa shape index (κ2) is 4.39. The third kappa shape index (κ3) is 1.94. The summed E-state index contributed by atoms with van der Waals surface area (Å²) in [7, 11) is 1.64. The summed E-state index contributed by atoms with van der Waals surface area (Å²) in [6, 6.07) is 7.89. The van der Waals surface area contributed by atoms with Crippen molar-refractivity contribution in [2.24, 2.45) is 0 Å². The van der Waals surface area contributed by atoms with Crippen LogP contribution >= 0.6 is 0 Å². The topological polar surface area (TPSA) is 31.2 Å². The molecule has 3 heteroatoms. The summed E-state index contributed by atoms with van der Waals surface area (Å²) >= 11 is 0. The molecule has 0 radical (unpaired) electrons. The number of methoxy groups -OCH3 is 1. The van der Waals surface area contributed by atoms with Crippen molar-refractivity contribution < 1.29 is 9.53 Å². The Kier molecular flexibility index (Phi) is 2.95. The molecule has 0 saturated carbocycles. The highest BCUT2D eigenvalue weighted by atomic mass is 16.5. The molecule has 84 valence electrons. The zero-order chi connectivity index (χ0) is 11.5. The molecule has 16 heavy (non-hydrogen) atoms. The third-order valence-electron chi connectivity index (χ3n) is 2.72. The molecule has 0 aliphatic heterocycles. The van der Waals surface area contributed by atoms with Gasteiger partial charge in [0.2, 0.25) is 0 Å². The second-order valence-electron chi connectivity index (χ2n) is 3.76. The first-order chi connectivity index (χ1) is 7.74. The number of ether oxygens (including phenoxy) is 1.